The zero-order valence-corrected chi connectivity index (χ0v) is 23.6. The van der Waals surface area contributed by atoms with Crippen molar-refractivity contribution in [2.45, 2.75) is 26.2 Å². The van der Waals surface area contributed by atoms with Crippen molar-refractivity contribution in [2.75, 3.05) is 0 Å². The second-order valence-corrected chi connectivity index (χ2v) is 5.37. The van der Waals surface area contributed by atoms with E-state index in [-0.39, 0.29) is 77.8 Å². The number of fused-ring (bicyclic) bond motifs is 3. The molecule has 0 saturated heterocycles. The Bertz CT molecular complexity index is 719. The van der Waals surface area contributed by atoms with Gasteiger partial charge >= 0.3 is 0 Å². The Kier molecular flexibility index (Phi) is 30.9. The van der Waals surface area contributed by atoms with Crippen LogP contribution in [0.4, 0.5) is 0 Å². The van der Waals surface area contributed by atoms with Gasteiger partial charge in [0.2, 0.25) is 0 Å². The number of allylic oxidation sites excluding steroid dienone is 2. The van der Waals surface area contributed by atoms with Gasteiger partial charge in [-0.3, -0.25) is 6.08 Å². The van der Waals surface area contributed by atoms with Gasteiger partial charge in [0.05, 0.1) is 0 Å². The van der Waals surface area contributed by atoms with Gasteiger partial charge in [-0.05, 0) is 5.39 Å². The molecular weight excluding hydrogens is 515 g/mol. The van der Waals surface area contributed by atoms with Gasteiger partial charge in [-0.25, -0.2) is 17.7 Å². The zero-order chi connectivity index (χ0) is 14.5. The summed E-state index contributed by atoms with van der Waals surface area (Å²) in [6.07, 6.45) is 6.88. The van der Waals surface area contributed by atoms with E-state index in [4.69, 9.17) is 0 Å². The SMILES string of the molecule is CCCC1=[C-]Cc2ccc3ccccc3c21.[CH3-].[CH3-].[CH3-].[CH3-].[CH3-].[CH3-].[CH3-].[Hf].c1cc[cH-]c1. The van der Waals surface area contributed by atoms with Gasteiger partial charge in [-0.1, -0.05) is 61.5 Å². The Morgan fingerprint density at radius 3 is 1.90 bits per heavy atom. The van der Waals surface area contributed by atoms with Crippen molar-refractivity contribution >= 4 is 16.3 Å². The van der Waals surface area contributed by atoms with Gasteiger partial charge in [0.25, 0.3) is 0 Å². The fourth-order valence-electron chi connectivity index (χ4n) is 2.89. The molecule has 166 valence electrons. The van der Waals surface area contributed by atoms with Crippen molar-refractivity contribution in [3.8, 4) is 0 Å². The van der Waals surface area contributed by atoms with E-state index >= 15 is 0 Å². The largest absolute Gasteiger partial charge is 0.358 e. The Morgan fingerprint density at radius 1 is 0.793 bits per heavy atom. The summed E-state index contributed by atoms with van der Waals surface area (Å²) < 4.78 is 0. The molecule has 0 unspecified atom stereocenters. The fourth-order valence-corrected chi connectivity index (χ4v) is 2.89. The normalized spacial score (nSPS) is 9.07. The standard InChI is InChI=1S/C16H15.C5H5.7CH3.Hf/c1-2-5-13-10-11-14-9-8-12-6-3-4-7-15(12)16(13)14;1-2-4-5-3-1;;;;;;;;/h3-4,6-9H,2,5,11H2,1H3;1-5H;7*1H3;/q9*-1;. The summed E-state index contributed by atoms with van der Waals surface area (Å²) >= 11 is 0. The molecule has 1 aliphatic rings. The van der Waals surface area contributed by atoms with Gasteiger partial charge < -0.3 is 52.0 Å². The summed E-state index contributed by atoms with van der Waals surface area (Å²) in [6, 6.07) is 23.1. The minimum atomic E-state index is 0. The number of hydrogen-bond donors (Lipinski definition) is 0. The molecule has 0 heterocycles. The van der Waals surface area contributed by atoms with Crippen LogP contribution < -0.4 is 0 Å². The predicted molar refractivity (Wildman–Crippen MR) is 136 cm³/mol. The average Bonchev–Trinajstić information content (AvgIpc) is 3.20. The van der Waals surface area contributed by atoms with E-state index in [1.807, 2.05) is 30.3 Å². The van der Waals surface area contributed by atoms with Crippen LogP contribution in [0.5, 0.6) is 0 Å². The second kappa shape index (κ2) is 21.4. The van der Waals surface area contributed by atoms with E-state index < -0.39 is 0 Å². The third-order valence-corrected chi connectivity index (χ3v) is 3.86. The van der Waals surface area contributed by atoms with Gasteiger partial charge in [-0.2, -0.15) is 23.8 Å². The van der Waals surface area contributed by atoms with E-state index in [0.717, 1.165) is 12.8 Å². The van der Waals surface area contributed by atoms with E-state index in [1.54, 1.807) is 0 Å². The Morgan fingerprint density at radius 2 is 1.38 bits per heavy atom. The van der Waals surface area contributed by atoms with Crippen LogP contribution in [0.1, 0.15) is 30.9 Å². The topological polar surface area (TPSA) is 0 Å². The van der Waals surface area contributed by atoms with E-state index in [9.17, 15) is 0 Å². The zero-order valence-electron chi connectivity index (χ0n) is 20.0. The van der Waals surface area contributed by atoms with Crippen LogP contribution in [0, 0.1) is 58.1 Å². The predicted octanol–water partition coefficient (Wildman–Crippen LogP) is 8.94. The maximum absolute atomic E-state index is 3.53. The molecule has 4 rings (SSSR count). The molecule has 3 aromatic carbocycles. The van der Waals surface area contributed by atoms with Crippen molar-refractivity contribution in [3.05, 3.63) is 136 Å². The molecular formula is C28H41Hf-9. The third kappa shape index (κ3) is 10.3. The molecule has 0 fully saturated rings. The summed E-state index contributed by atoms with van der Waals surface area (Å²) in [5.74, 6) is 0. The Hall–Kier alpha value is -1.34. The van der Waals surface area contributed by atoms with Crippen LogP contribution in [-0.4, -0.2) is 0 Å². The van der Waals surface area contributed by atoms with Crippen LogP contribution in [0.25, 0.3) is 16.3 Å². The number of hydrogen-bond acceptors (Lipinski definition) is 0. The summed E-state index contributed by atoms with van der Waals surface area (Å²) in [4.78, 5) is 0. The van der Waals surface area contributed by atoms with Crippen LogP contribution in [-0.2, 0) is 32.3 Å². The second-order valence-electron chi connectivity index (χ2n) is 5.37. The van der Waals surface area contributed by atoms with Crippen LogP contribution in [0.3, 0.4) is 0 Å². The first-order valence-electron chi connectivity index (χ1n) is 7.67. The molecule has 0 atom stereocenters. The maximum atomic E-state index is 3.53. The molecule has 0 radical (unpaired) electrons. The van der Waals surface area contributed by atoms with Gasteiger partial charge in [0, 0.05) is 25.8 Å². The summed E-state index contributed by atoms with van der Waals surface area (Å²) in [6.45, 7) is 2.23. The molecule has 1 aliphatic carbocycles. The first-order chi connectivity index (χ1) is 10.4. The van der Waals surface area contributed by atoms with Gasteiger partial charge in [0.15, 0.2) is 0 Å². The molecule has 0 aromatic heterocycles. The minimum absolute atomic E-state index is 0. The van der Waals surface area contributed by atoms with Crippen molar-refractivity contribution in [1.82, 2.24) is 0 Å². The third-order valence-electron chi connectivity index (χ3n) is 3.86. The van der Waals surface area contributed by atoms with Crippen LogP contribution in [0.15, 0.2) is 66.7 Å². The number of rotatable bonds is 2. The first-order valence-corrected chi connectivity index (χ1v) is 7.67. The molecule has 29 heavy (non-hydrogen) atoms. The molecule has 0 aliphatic heterocycles. The average molecular weight is 556 g/mol. The molecule has 0 spiro atoms. The molecule has 0 bridgehead atoms. The quantitative estimate of drug-likeness (QED) is 0.219. The van der Waals surface area contributed by atoms with Crippen molar-refractivity contribution in [3.63, 3.8) is 0 Å². The van der Waals surface area contributed by atoms with Gasteiger partial charge in [0.1, 0.15) is 0 Å². The van der Waals surface area contributed by atoms with Crippen LogP contribution in [0.2, 0.25) is 0 Å². The molecule has 0 nitrogen and oxygen atoms in total. The van der Waals surface area contributed by atoms with Crippen LogP contribution >= 0.6 is 0 Å². The maximum Gasteiger partial charge on any atom is 0 e. The fraction of sp³-hybridized carbons (Fsp3) is 0.143. The van der Waals surface area contributed by atoms with E-state index in [0.29, 0.717) is 0 Å². The van der Waals surface area contributed by atoms with Crippen molar-refractivity contribution < 1.29 is 25.8 Å². The molecule has 1 heteroatoms. The molecule has 0 amide bonds. The first kappa shape index (κ1) is 41.9. The van der Waals surface area contributed by atoms with Crippen molar-refractivity contribution in [2.24, 2.45) is 0 Å². The molecule has 3 aromatic rings. The smallest absolute Gasteiger partial charge is 0 e. The van der Waals surface area contributed by atoms with E-state index in [1.165, 1.54) is 33.9 Å². The van der Waals surface area contributed by atoms with E-state index in [2.05, 4.69) is 49.4 Å². The molecule has 0 N–H and O–H groups in total. The Labute approximate surface area is 203 Å². The summed E-state index contributed by atoms with van der Waals surface area (Å²) in [5.41, 5.74) is 4.33. The summed E-state index contributed by atoms with van der Waals surface area (Å²) in [5, 5.41) is 2.74. The molecule has 0 saturated carbocycles. The number of benzene rings is 2. The monoisotopic (exact) mass is 557 g/mol. The van der Waals surface area contributed by atoms with Gasteiger partial charge in [-0.15, -0.1) is 12.0 Å². The summed E-state index contributed by atoms with van der Waals surface area (Å²) in [7, 11) is 0. The Balaban J connectivity index is -0.0000000916. The van der Waals surface area contributed by atoms with Crippen molar-refractivity contribution in [1.29, 1.82) is 0 Å². The minimum Gasteiger partial charge on any atom is -0.358 e.